The molecule has 2 saturated carbocycles. The van der Waals surface area contributed by atoms with Gasteiger partial charge in [0, 0.05) is 38.3 Å². The summed E-state index contributed by atoms with van der Waals surface area (Å²) in [4.78, 5) is 38.8. The maximum absolute atomic E-state index is 13.9. The lowest BCUT2D eigenvalue weighted by Crippen LogP contribution is -2.45. The number of imidazole rings is 1. The van der Waals surface area contributed by atoms with Crippen molar-refractivity contribution in [2.45, 2.75) is 77.7 Å². The smallest absolute Gasteiger partial charge is 0.336 e. The molecule has 0 amide bonds. The molecule has 11 heteroatoms. The van der Waals surface area contributed by atoms with Crippen LogP contribution < -0.4 is 11.2 Å². The lowest BCUT2D eigenvalue weighted by molar-refractivity contribution is -0.249. The van der Waals surface area contributed by atoms with E-state index in [4.69, 9.17) is 4.98 Å². The standard InChI is InChI=1S/C28H39F3N6O2/c1-4-7-8-11-32-12-15-35(28(29,30)31)18-22-19-9-10-20(22)17-21(16-19)24-33-23-25(34-24)36(13-5-2)27(39)37(14-6-3)26(23)38/h4,7-8,11,19-22H,1,5-6,9-10,12-18H2,2-3H3,(H,33,34)/b8-7-,32-11?. The number of nitrogens with one attached hydrogen (secondary N) is 1. The van der Waals surface area contributed by atoms with E-state index in [1.165, 1.54) is 10.8 Å². The number of aryl methyl sites for hydroxylation is 1. The predicted octanol–water partition coefficient (Wildman–Crippen LogP) is 4.86. The van der Waals surface area contributed by atoms with Crippen molar-refractivity contribution < 1.29 is 13.2 Å². The summed E-state index contributed by atoms with van der Waals surface area (Å²) in [6.45, 7) is 8.10. The number of fused-ring (bicyclic) bond motifs is 3. The van der Waals surface area contributed by atoms with Gasteiger partial charge in [-0.3, -0.25) is 18.9 Å². The number of allylic oxidation sites excluding steroid dienone is 3. The Morgan fingerprint density at radius 3 is 2.38 bits per heavy atom. The van der Waals surface area contributed by atoms with Crippen LogP contribution in [0.1, 0.15) is 64.1 Å². The average molecular weight is 549 g/mol. The molecule has 0 spiro atoms. The molecule has 0 saturated heterocycles. The van der Waals surface area contributed by atoms with E-state index < -0.39 is 6.30 Å². The van der Waals surface area contributed by atoms with Gasteiger partial charge in [0.2, 0.25) is 0 Å². The monoisotopic (exact) mass is 548 g/mol. The first-order valence-electron chi connectivity index (χ1n) is 14.0. The van der Waals surface area contributed by atoms with Crippen molar-refractivity contribution >= 4 is 17.4 Å². The highest BCUT2D eigenvalue weighted by Crippen LogP contribution is 2.52. The van der Waals surface area contributed by atoms with Crippen LogP contribution in [0.4, 0.5) is 13.2 Å². The summed E-state index contributed by atoms with van der Waals surface area (Å²) in [6, 6.07) is 0. The molecule has 1 N–H and O–H groups in total. The molecule has 2 fully saturated rings. The molecule has 2 bridgehead atoms. The Bertz CT molecular complexity index is 1310. The maximum atomic E-state index is 13.9. The van der Waals surface area contributed by atoms with E-state index in [2.05, 4.69) is 16.6 Å². The molecule has 8 nitrogen and oxygen atoms in total. The van der Waals surface area contributed by atoms with Gasteiger partial charge >= 0.3 is 12.0 Å². The van der Waals surface area contributed by atoms with Gasteiger partial charge in [-0.15, -0.1) is 0 Å². The highest BCUT2D eigenvalue weighted by atomic mass is 19.4. The average Bonchev–Trinajstić information content (AvgIpc) is 3.43. The third-order valence-corrected chi connectivity index (χ3v) is 8.18. The van der Waals surface area contributed by atoms with Crippen molar-refractivity contribution in [2.75, 3.05) is 19.6 Å². The largest absolute Gasteiger partial charge is 0.459 e. The Kier molecular flexibility index (Phi) is 9.30. The van der Waals surface area contributed by atoms with Crippen LogP contribution in [0, 0.1) is 17.8 Å². The number of hydrogen-bond acceptors (Lipinski definition) is 5. The second-order valence-electron chi connectivity index (χ2n) is 10.7. The van der Waals surface area contributed by atoms with Crippen LogP contribution in [0.2, 0.25) is 0 Å². The number of aromatic amines is 1. The fourth-order valence-electron chi connectivity index (χ4n) is 6.42. The summed E-state index contributed by atoms with van der Waals surface area (Å²) < 4.78 is 44.5. The van der Waals surface area contributed by atoms with Crippen LogP contribution >= 0.6 is 0 Å². The number of H-pyrrole nitrogens is 1. The SMILES string of the molecule is C=C/C=C\C=NCCN(CC1C2CCC1CC(c1nc3c([nH]1)c(=O)n(CCC)c(=O)n3CCC)C2)C(F)(F)F. The number of nitrogens with zero attached hydrogens (tertiary/aromatic N) is 5. The normalized spacial score (nSPS) is 23.6. The fraction of sp³-hybridized carbons (Fsp3) is 0.643. The van der Waals surface area contributed by atoms with Gasteiger partial charge in [0.1, 0.15) is 11.3 Å². The first kappa shape index (κ1) is 29.0. The van der Waals surface area contributed by atoms with Crippen molar-refractivity contribution in [1.82, 2.24) is 24.0 Å². The molecule has 0 radical (unpaired) electrons. The van der Waals surface area contributed by atoms with Crippen LogP contribution in [0.5, 0.6) is 0 Å². The van der Waals surface area contributed by atoms with E-state index in [1.54, 1.807) is 22.8 Å². The Morgan fingerprint density at radius 1 is 1.10 bits per heavy atom. The molecule has 2 aliphatic rings. The molecule has 2 unspecified atom stereocenters. The van der Waals surface area contributed by atoms with Gasteiger partial charge in [-0.2, -0.15) is 13.2 Å². The van der Waals surface area contributed by atoms with E-state index in [0.717, 1.165) is 32.1 Å². The van der Waals surface area contributed by atoms with Crippen molar-refractivity contribution in [2.24, 2.45) is 22.7 Å². The molecule has 0 aliphatic heterocycles. The van der Waals surface area contributed by atoms with Gasteiger partial charge in [-0.1, -0.05) is 32.6 Å². The molecule has 2 atom stereocenters. The Balaban J connectivity index is 1.52. The molecule has 39 heavy (non-hydrogen) atoms. The second-order valence-corrected chi connectivity index (χ2v) is 10.7. The van der Waals surface area contributed by atoms with E-state index in [9.17, 15) is 22.8 Å². The minimum absolute atomic E-state index is 0.0240. The van der Waals surface area contributed by atoms with Crippen LogP contribution in [0.3, 0.4) is 0 Å². The predicted molar refractivity (Wildman–Crippen MR) is 147 cm³/mol. The molecule has 2 heterocycles. The van der Waals surface area contributed by atoms with Crippen LogP contribution in [-0.4, -0.2) is 56.2 Å². The quantitative estimate of drug-likeness (QED) is 0.233. The molecule has 2 aromatic heterocycles. The topological polar surface area (TPSA) is 88.3 Å². The zero-order chi connectivity index (χ0) is 28.2. The lowest BCUT2D eigenvalue weighted by atomic mass is 9.72. The lowest BCUT2D eigenvalue weighted by Gasteiger charge is -2.38. The van der Waals surface area contributed by atoms with Crippen LogP contribution in [0.15, 0.2) is 39.4 Å². The first-order valence-corrected chi connectivity index (χ1v) is 14.0. The highest BCUT2D eigenvalue weighted by Gasteiger charge is 2.47. The van der Waals surface area contributed by atoms with Gasteiger partial charge in [0.25, 0.3) is 5.56 Å². The van der Waals surface area contributed by atoms with Gasteiger partial charge < -0.3 is 4.98 Å². The summed E-state index contributed by atoms with van der Waals surface area (Å²) in [5.74, 6) is 0.958. The third kappa shape index (κ3) is 6.28. The van der Waals surface area contributed by atoms with Crippen molar-refractivity contribution in [3.8, 4) is 0 Å². The van der Waals surface area contributed by atoms with Crippen molar-refractivity contribution in [3.05, 3.63) is 51.5 Å². The zero-order valence-corrected chi connectivity index (χ0v) is 22.8. The summed E-state index contributed by atoms with van der Waals surface area (Å²) in [5.41, 5.74) is 0.0255. The van der Waals surface area contributed by atoms with Crippen LogP contribution in [-0.2, 0) is 13.1 Å². The minimum atomic E-state index is -4.41. The van der Waals surface area contributed by atoms with E-state index in [-0.39, 0.29) is 54.6 Å². The fourth-order valence-corrected chi connectivity index (χ4v) is 6.42. The Labute approximate surface area is 226 Å². The molecule has 214 valence electrons. The van der Waals surface area contributed by atoms with E-state index in [1.807, 2.05) is 13.8 Å². The highest BCUT2D eigenvalue weighted by molar-refractivity contribution is 5.71. The second kappa shape index (κ2) is 12.5. The Morgan fingerprint density at radius 2 is 1.77 bits per heavy atom. The third-order valence-electron chi connectivity index (χ3n) is 8.18. The number of rotatable bonds is 12. The van der Waals surface area contributed by atoms with Gasteiger partial charge in [-0.05, 0) is 62.4 Å². The molecule has 2 aliphatic carbocycles. The summed E-state index contributed by atoms with van der Waals surface area (Å²) >= 11 is 0. The number of aliphatic imine (C=N–C) groups is 1. The minimum Gasteiger partial charge on any atom is -0.336 e. The van der Waals surface area contributed by atoms with Crippen LogP contribution in [0.25, 0.3) is 11.2 Å². The summed E-state index contributed by atoms with van der Waals surface area (Å²) in [6.07, 6.45) is 6.60. The van der Waals surface area contributed by atoms with E-state index in [0.29, 0.717) is 41.4 Å². The molecular weight excluding hydrogens is 509 g/mol. The first-order chi connectivity index (χ1) is 18.7. The molecule has 2 aromatic rings. The number of hydrogen-bond donors (Lipinski definition) is 1. The zero-order valence-electron chi connectivity index (χ0n) is 22.8. The Hall–Kier alpha value is -2.95. The number of halogens is 3. The van der Waals surface area contributed by atoms with E-state index >= 15 is 0 Å². The molecular formula is C28H39F3N6O2. The number of aromatic nitrogens is 4. The summed E-state index contributed by atoms with van der Waals surface area (Å²) in [7, 11) is 0. The van der Waals surface area contributed by atoms with Crippen molar-refractivity contribution in [1.29, 1.82) is 0 Å². The summed E-state index contributed by atoms with van der Waals surface area (Å²) in [5, 5.41) is 0. The molecule has 4 rings (SSSR count). The van der Waals surface area contributed by atoms with Crippen molar-refractivity contribution in [3.63, 3.8) is 0 Å². The van der Waals surface area contributed by atoms with Gasteiger partial charge in [0.05, 0.1) is 6.54 Å². The van der Waals surface area contributed by atoms with Gasteiger partial charge in [-0.25, -0.2) is 14.7 Å². The molecule has 0 aromatic carbocycles. The van der Waals surface area contributed by atoms with Gasteiger partial charge in [0.15, 0.2) is 5.65 Å². The maximum Gasteiger partial charge on any atom is 0.459 e. The number of alkyl halides is 3.